The molecule has 4 nitrogen and oxygen atoms in total. The number of aromatic nitrogens is 2. The minimum atomic E-state index is -0.741. The first-order chi connectivity index (χ1) is 8.59. The third-order valence-corrected chi connectivity index (χ3v) is 2.57. The van der Waals surface area contributed by atoms with E-state index < -0.39 is 22.6 Å². The SMILES string of the molecule is O=c1cc[nH]n(CCc2c(F)cccc2F)c1=O. The fourth-order valence-electron chi connectivity index (χ4n) is 1.63. The Labute approximate surface area is 100 Å². The number of benzene rings is 1. The molecule has 1 N–H and O–H groups in total. The van der Waals surface area contributed by atoms with Crippen LogP contribution in [0, 0.1) is 11.6 Å². The number of hydrogen-bond acceptors (Lipinski definition) is 2. The Balaban J connectivity index is 2.25. The second-order valence-corrected chi connectivity index (χ2v) is 3.73. The van der Waals surface area contributed by atoms with E-state index in [1.165, 1.54) is 12.3 Å². The van der Waals surface area contributed by atoms with Gasteiger partial charge in [0.1, 0.15) is 11.6 Å². The van der Waals surface area contributed by atoms with E-state index in [1.807, 2.05) is 0 Å². The number of halogens is 2. The third kappa shape index (κ3) is 2.37. The van der Waals surface area contributed by atoms with E-state index in [0.717, 1.165) is 22.9 Å². The van der Waals surface area contributed by atoms with Gasteiger partial charge < -0.3 is 5.10 Å². The predicted octanol–water partition coefficient (Wildman–Crippen LogP) is 1.06. The second kappa shape index (κ2) is 4.95. The molecule has 0 aliphatic rings. The second-order valence-electron chi connectivity index (χ2n) is 3.73. The summed E-state index contributed by atoms with van der Waals surface area (Å²) in [6, 6.07) is 4.66. The van der Waals surface area contributed by atoms with E-state index in [4.69, 9.17) is 0 Å². The van der Waals surface area contributed by atoms with Gasteiger partial charge in [0.15, 0.2) is 0 Å². The van der Waals surface area contributed by atoms with Crippen LogP contribution in [0.3, 0.4) is 0 Å². The minimum absolute atomic E-state index is 0.00671. The zero-order valence-corrected chi connectivity index (χ0v) is 9.32. The number of H-pyrrole nitrogens is 1. The molecule has 94 valence electrons. The first kappa shape index (κ1) is 12.2. The maximum atomic E-state index is 13.3. The van der Waals surface area contributed by atoms with Crippen LogP contribution in [0.15, 0.2) is 40.1 Å². The lowest BCUT2D eigenvalue weighted by Gasteiger charge is -2.06. The van der Waals surface area contributed by atoms with E-state index in [2.05, 4.69) is 5.10 Å². The fourth-order valence-corrected chi connectivity index (χ4v) is 1.63. The van der Waals surface area contributed by atoms with Crippen LogP contribution in [0.2, 0.25) is 0 Å². The summed E-state index contributed by atoms with van der Waals surface area (Å²) >= 11 is 0. The van der Waals surface area contributed by atoms with Crippen LogP contribution in [-0.2, 0) is 13.0 Å². The third-order valence-electron chi connectivity index (χ3n) is 2.57. The minimum Gasteiger partial charge on any atom is -0.303 e. The van der Waals surface area contributed by atoms with Crippen molar-refractivity contribution in [2.45, 2.75) is 13.0 Å². The Bertz CT molecular complexity index is 656. The summed E-state index contributed by atoms with van der Waals surface area (Å²) in [5, 5.41) is 2.55. The Hall–Kier alpha value is -2.24. The van der Waals surface area contributed by atoms with Crippen LogP contribution < -0.4 is 11.0 Å². The van der Waals surface area contributed by atoms with Crippen molar-refractivity contribution < 1.29 is 8.78 Å². The molecule has 0 bridgehead atoms. The van der Waals surface area contributed by atoms with Gasteiger partial charge >= 0.3 is 5.56 Å². The highest BCUT2D eigenvalue weighted by Crippen LogP contribution is 2.12. The summed E-state index contributed by atoms with van der Waals surface area (Å²) in [4.78, 5) is 22.5. The van der Waals surface area contributed by atoms with Crippen molar-refractivity contribution in [2.75, 3.05) is 0 Å². The highest BCUT2D eigenvalue weighted by Gasteiger charge is 2.09. The Morgan fingerprint density at radius 3 is 2.44 bits per heavy atom. The maximum absolute atomic E-state index is 13.3. The van der Waals surface area contributed by atoms with Gasteiger partial charge in [0.05, 0.1) is 0 Å². The summed E-state index contributed by atoms with van der Waals surface area (Å²) in [7, 11) is 0. The van der Waals surface area contributed by atoms with E-state index >= 15 is 0 Å². The molecular formula is C12H10F2N2O2. The molecule has 0 aliphatic carbocycles. The molecule has 1 heterocycles. The van der Waals surface area contributed by atoms with E-state index in [9.17, 15) is 18.4 Å². The quantitative estimate of drug-likeness (QED) is 0.830. The molecule has 0 fully saturated rings. The van der Waals surface area contributed by atoms with Crippen LogP contribution in [0.4, 0.5) is 8.78 Å². The monoisotopic (exact) mass is 252 g/mol. The van der Waals surface area contributed by atoms with Crippen molar-refractivity contribution in [1.29, 1.82) is 0 Å². The molecule has 2 aromatic rings. The molecule has 0 spiro atoms. The molecule has 0 radical (unpaired) electrons. The molecule has 6 heteroatoms. The standard InChI is InChI=1S/C12H10F2N2O2/c13-9-2-1-3-10(14)8(9)5-7-16-12(18)11(17)4-6-15-16/h1-4,6,15H,5,7H2. The first-order valence-corrected chi connectivity index (χ1v) is 5.31. The number of aryl methyl sites for hydroxylation is 1. The number of rotatable bonds is 3. The van der Waals surface area contributed by atoms with Gasteiger partial charge in [-0.15, -0.1) is 0 Å². The van der Waals surface area contributed by atoms with Gasteiger partial charge in [-0.2, -0.15) is 0 Å². The summed E-state index contributed by atoms with van der Waals surface area (Å²) in [6.45, 7) is 0.00671. The number of nitrogens with one attached hydrogen (secondary N) is 1. The fraction of sp³-hybridized carbons (Fsp3) is 0.167. The van der Waals surface area contributed by atoms with Crippen molar-refractivity contribution in [3.8, 4) is 0 Å². The normalized spacial score (nSPS) is 10.6. The van der Waals surface area contributed by atoms with Crippen molar-refractivity contribution in [3.05, 3.63) is 68.2 Å². The lowest BCUT2D eigenvalue weighted by molar-refractivity contribution is 0.517. The zero-order valence-electron chi connectivity index (χ0n) is 9.32. The summed E-state index contributed by atoms with van der Waals surface area (Å²) in [5.41, 5.74) is -1.51. The largest absolute Gasteiger partial charge is 0.312 e. The van der Waals surface area contributed by atoms with Gasteiger partial charge in [0, 0.05) is 24.4 Å². The lowest BCUT2D eigenvalue weighted by atomic mass is 10.1. The average molecular weight is 252 g/mol. The van der Waals surface area contributed by atoms with Crippen LogP contribution in [-0.4, -0.2) is 9.78 Å². The molecular weight excluding hydrogens is 242 g/mol. The van der Waals surface area contributed by atoms with Crippen molar-refractivity contribution in [3.63, 3.8) is 0 Å². The maximum Gasteiger partial charge on any atom is 0.312 e. The molecule has 0 amide bonds. The van der Waals surface area contributed by atoms with E-state index in [0.29, 0.717) is 0 Å². The molecule has 0 unspecified atom stereocenters. The molecule has 0 atom stereocenters. The number of hydrogen-bond donors (Lipinski definition) is 1. The molecule has 18 heavy (non-hydrogen) atoms. The smallest absolute Gasteiger partial charge is 0.303 e. The summed E-state index contributed by atoms with van der Waals surface area (Å²) in [6.07, 6.45) is 1.29. The molecule has 0 saturated carbocycles. The van der Waals surface area contributed by atoms with Crippen LogP contribution in [0.5, 0.6) is 0 Å². The predicted molar refractivity (Wildman–Crippen MR) is 61.4 cm³/mol. The van der Waals surface area contributed by atoms with E-state index in [1.54, 1.807) is 0 Å². The van der Waals surface area contributed by atoms with E-state index in [-0.39, 0.29) is 18.5 Å². The summed E-state index contributed by atoms with van der Waals surface area (Å²) in [5.74, 6) is -1.33. The van der Waals surface area contributed by atoms with Crippen LogP contribution >= 0.6 is 0 Å². The van der Waals surface area contributed by atoms with Crippen molar-refractivity contribution in [2.24, 2.45) is 0 Å². The molecule has 1 aromatic heterocycles. The first-order valence-electron chi connectivity index (χ1n) is 5.31. The van der Waals surface area contributed by atoms with Gasteiger partial charge in [-0.25, -0.2) is 13.5 Å². The van der Waals surface area contributed by atoms with Crippen LogP contribution in [0.1, 0.15) is 5.56 Å². The Kier molecular flexibility index (Phi) is 3.36. The van der Waals surface area contributed by atoms with Gasteiger partial charge in [-0.1, -0.05) is 6.07 Å². The van der Waals surface area contributed by atoms with Gasteiger partial charge in [-0.05, 0) is 18.6 Å². The highest BCUT2D eigenvalue weighted by molar-refractivity contribution is 5.19. The zero-order chi connectivity index (χ0) is 13.1. The molecule has 2 rings (SSSR count). The number of nitrogens with zero attached hydrogens (tertiary/aromatic N) is 1. The summed E-state index contributed by atoms with van der Waals surface area (Å²) < 4.78 is 27.7. The topological polar surface area (TPSA) is 54.9 Å². The lowest BCUT2D eigenvalue weighted by Crippen LogP contribution is -2.35. The van der Waals surface area contributed by atoms with Gasteiger partial charge in [0.25, 0.3) is 0 Å². The van der Waals surface area contributed by atoms with Crippen LogP contribution in [0.25, 0.3) is 0 Å². The van der Waals surface area contributed by atoms with Gasteiger partial charge in [0.2, 0.25) is 5.43 Å². The molecule has 0 aliphatic heterocycles. The highest BCUT2D eigenvalue weighted by atomic mass is 19.1. The Morgan fingerprint density at radius 1 is 1.11 bits per heavy atom. The van der Waals surface area contributed by atoms with Crippen molar-refractivity contribution >= 4 is 0 Å². The molecule has 1 aromatic carbocycles. The Morgan fingerprint density at radius 2 is 1.78 bits per heavy atom. The van der Waals surface area contributed by atoms with Gasteiger partial charge in [-0.3, -0.25) is 9.59 Å². The number of aromatic amines is 1. The molecule has 0 saturated heterocycles. The van der Waals surface area contributed by atoms with Crippen molar-refractivity contribution in [1.82, 2.24) is 9.78 Å². The average Bonchev–Trinajstić information content (AvgIpc) is 2.33.